The molecule has 2 rings (SSSR count). The van der Waals surface area contributed by atoms with Crippen molar-refractivity contribution in [2.45, 2.75) is 91.6 Å². The normalized spacial score (nSPS) is 24.0. The highest BCUT2D eigenvalue weighted by molar-refractivity contribution is 7.51. The van der Waals surface area contributed by atoms with E-state index in [1.807, 2.05) is 6.92 Å². The van der Waals surface area contributed by atoms with Crippen molar-refractivity contribution in [1.29, 1.82) is 0 Å². The Balaban J connectivity index is 2.53. The molecule has 292 valence electrons. The number of primary amides is 1. The number of aliphatic imine (C=N–C) groups is 1. The van der Waals surface area contributed by atoms with E-state index in [0.717, 1.165) is 0 Å². The van der Waals surface area contributed by atoms with Crippen LogP contribution in [-0.2, 0) is 39.0 Å². The van der Waals surface area contributed by atoms with Crippen molar-refractivity contribution >= 4 is 37.3 Å². The lowest BCUT2D eigenvalue weighted by Crippen LogP contribution is -2.37. The fourth-order valence-electron chi connectivity index (χ4n) is 5.77. The van der Waals surface area contributed by atoms with E-state index in [9.17, 15) is 29.5 Å². The SMILES string of the molecule is CCOP(=O)(NCCCC=Nc1c(O)cc2c(O)c1C[C@@H](C)C[C@H](OC)[C@H](O)[C@@H](C)C=C(C)[C@H](OC(N)=O)[C@@H](OC)C=CC=C(C)C(=O)N2)OCC. The summed E-state index contributed by atoms with van der Waals surface area (Å²) in [6.45, 7) is 11.2. The van der Waals surface area contributed by atoms with Gasteiger partial charge in [-0.25, -0.2) is 14.4 Å². The Labute approximate surface area is 306 Å². The van der Waals surface area contributed by atoms with Gasteiger partial charge in [-0.1, -0.05) is 38.2 Å². The summed E-state index contributed by atoms with van der Waals surface area (Å²) in [4.78, 5) is 29.5. The van der Waals surface area contributed by atoms with Crippen LogP contribution in [0.25, 0.3) is 0 Å². The van der Waals surface area contributed by atoms with Crippen LogP contribution in [0.3, 0.4) is 0 Å². The number of benzene rings is 1. The Morgan fingerprint density at radius 2 is 1.83 bits per heavy atom. The molecule has 0 saturated carbocycles. The lowest BCUT2D eigenvalue weighted by atomic mass is 9.87. The molecule has 1 aromatic rings. The predicted molar refractivity (Wildman–Crippen MR) is 200 cm³/mol. The molecule has 52 heavy (non-hydrogen) atoms. The van der Waals surface area contributed by atoms with Crippen molar-refractivity contribution < 1.29 is 52.7 Å². The van der Waals surface area contributed by atoms with Crippen LogP contribution in [0.2, 0.25) is 0 Å². The highest BCUT2D eigenvalue weighted by Gasteiger charge is 2.30. The zero-order valence-electron chi connectivity index (χ0n) is 31.5. The lowest BCUT2D eigenvalue weighted by molar-refractivity contribution is -0.112. The van der Waals surface area contributed by atoms with Gasteiger partial charge in [0.25, 0.3) is 5.91 Å². The summed E-state index contributed by atoms with van der Waals surface area (Å²) in [6, 6.07) is 1.23. The van der Waals surface area contributed by atoms with E-state index >= 15 is 0 Å². The van der Waals surface area contributed by atoms with E-state index in [0.29, 0.717) is 31.4 Å². The number of fused-ring (bicyclic) bond motifs is 2. The predicted octanol–water partition coefficient (Wildman–Crippen LogP) is 5.81. The zero-order chi connectivity index (χ0) is 39.0. The summed E-state index contributed by atoms with van der Waals surface area (Å²) in [7, 11) is -0.484. The largest absolute Gasteiger partial charge is 0.506 e. The second-order valence-corrected chi connectivity index (χ2v) is 14.5. The number of carbonyl (C=O) groups is 2. The van der Waals surface area contributed by atoms with Crippen molar-refractivity contribution in [3.05, 3.63) is 47.1 Å². The number of amides is 2. The van der Waals surface area contributed by atoms with Gasteiger partial charge in [-0.05, 0) is 64.9 Å². The molecule has 7 N–H and O–H groups in total. The molecule has 0 aliphatic carbocycles. The number of ether oxygens (including phenoxy) is 3. The van der Waals surface area contributed by atoms with Crippen LogP contribution in [0, 0.1) is 11.8 Å². The van der Waals surface area contributed by atoms with Crippen LogP contribution in [0.5, 0.6) is 11.5 Å². The molecule has 6 atom stereocenters. The highest BCUT2D eigenvalue weighted by Crippen LogP contribution is 2.45. The van der Waals surface area contributed by atoms with Crippen LogP contribution >= 0.6 is 7.75 Å². The van der Waals surface area contributed by atoms with Gasteiger partial charge in [0.15, 0.2) is 6.10 Å². The third kappa shape index (κ3) is 13.4. The van der Waals surface area contributed by atoms with Crippen molar-refractivity contribution in [2.24, 2.45) is 22.6 Å². The molecule has 0 spiro atoms. The number of nitrogens with zero attached hydrogens (tertiary/aromatic N) is 1. The lowest BCUT2D eigenvalue weighted by Gasteiger charge is -2.29. The molecule has 2 amide bonds. The Hall–Kier alpha value is -3.56. The number of methoxy groups -OCH3 is 2. The summed E-state index contributed by atoms with van der Waals surface area (Å²) in [5, 5.41) is 39.5. The molecular weight excluding hydrogens is 695 g/mol. The van der Waals surface area contributed by atoms with Crippen LogP contribution in [0.4, 0.5) is 16.2 Å². The fraction of sp³-hybridized carbons (Fsp3) is 0.583. The smallest absolute Gasteiger partial charge is 0.405 e. The molecule has 15 nitrogen and oxygen atoms in total. The van der Waals surface area contributed by atoms with Gasteiger partial charge in [0.1, 0.15) is 23.3 Å². The molecule has 1 aliphatic heterocycles. The maximum absolute atomic E-state index is 13.2. The number of phenols is 2. The number of nitrogens with one attached hydrogen (secondary N) is 2. The van der Waals surface area contributed by atoms with E-state index in [-0.39, 0.29) is 59.6 Å². The summed E-state index contributed by atoms with van der Waals surface area (Å²) in [6.07, 6.45) is 5.12. The van der Waals surface area contributed by atoms with Crippen molar-refractivity contribution in [3.8, 4) is 11.5 Å². The van der Waals surface area contributed by atoms with E-state index in [2.05, 4.69) is 15.4 Å². The first-order chi connectivity index (χ1) is 24.6. The van der Waals surface area contributed by atoms with Gasteiger partial charge in [-0.3, -0.25) is 18.8 Å². The standard InChI is InChI=1S/C36H57N4O11P/c1-9-49-52(46,50-10-2)39-17-12-11-16-38-31-26-18-22(3)19-30(48-8)32(42)24(5)20-25(6)34(51-36(37)45)29(47-7)15-13-14-23(4)35(44)40-27(33(26)43)21-28(31)41/h13-16,20-22,24,29-30,32,34,41-43H,9-12,17-19H2,1-8H3,(H2,37,45)(H,39,46)(H,40,44)/t22-,24+,29+,30+,32-,34+/m1/s1. The quantitative estimate of drug-likeness (QED) is 0.0351. The van der Waals surface area contributed by atoms with E-state index in [4.69, 9.17) is 29.0 Å². The number of rotatable bonds is 13. The average molecular weight is 753 g/mol. The minimum Gasteiger partial charge on any atom is -0.506 e. The number of nitrogens with two attached hydrogens (primary N) is 1. The Bertz CT molecular complexity index is 1500. The number of unbranched alkanes of at least 4 members (excludes halogenated alkanes) is 1. The Morgan fingerprint density at radius 1 is 1.15 bits per heavy atom. The topological polar surface area (TPSA) is 220 Å². The highest BCUT2D eigenvalue weighted by atomic mass is 31.2. The van der Waals surface area contributed by atoms with Crippen molar-refractivity contribution in [2.75, 3.05) is 39.3 Å². The van der Waals surface area contributed by atoms with Crippen molar-refractivity contribution in [3.63, 3.8) is 0 Å². The molecule has 1 heterocycles. The first kappa shape index (κ1) is 44.6. The molecule has 0 saturated heterocycles. The molecule has 2 bridgehead atoms. The van der Waals surface area contributed by atoms with Gasteiger partial charge < -0.3 is 40.6 Å². The van der Waals surface area contributed by atoms with Crippen LogP contribution in [0.1, 0.15) is 66.4 Å². The van der Waals surface area contributed by atoms with Crippen LogP contribution in [0.15, 0.2) is 46.5 Å². The molecule has 0 aromatic heterocycles. The Morgan fingerprint density at radius 3 is 2.42 bits per heavy atom. The number of allylic oxidation sites excluding steroid dienone is 2. The van der Waals surface area contributed by atoms with Gasteiger partial charge in [0.05, 0.1) is 31.1 Å². The first-order valence-electron chi connectivity index (χ1n) is 17.4. The average Bonchev–Trinajstić information content (AvgIpc) is 3.08. The minimum absolute atomic E-state index is 0.0217. The zero-order valence-corrected chi connectivity index (χ0v) is 32.4. The maximum Gasteiger partial charge on any atom is 0.405 e. The monoisotopic (exact) mass is 752 g/mol. The third-order valence-corrected chi connectivity index (χ3v) is 10.2. The summed E-state index contributed by atoms with van der Waals surface area (Å²) >= 11 is 0. The molecule has 1 aromatic carbocycles. The van der Waals surface area contributed by atoms with Gasteiger partial charge >= 0.3 is 13.8 Å². The number of phenolic OH excluding ortho intramolecular Hbond substituents is 2. The number of hydrogen-bond acceptors (Lipinski definition) is 12. The van der Waals surface area contributed by atoms with Crippen LogP contribution in [-0.4, -0.2) is 91.9 Å². The molecule has 0 radical (unpaired) electrons. The summed E-state index contributed by atoms with van der Waals surface area (Å²) in [5.74, 6) is -1.78. The second kappa shape index (κ2) is 21.8. The van der Waals surface area contributed by atoms with E-state index in [1.54, 1.807) is 59.1 Å². The van der Waals surface area contributed by atoms with E-state index in [1.165, 1.54) is 26.4 Å². The summed E-state index contributed by atoms with van der Waals surface area (Å²) < 4.78 is 39.9. The Kier molecular flexibility index (Phi) is 18.7. The van der Waals surface area contributed by atoms with E-state index < -0.39 is 50.1 Å². The van der Waals surface area contributed by atoms with Crippen LogP contribution < -0.4 is 16.1 Å². The van der Waals surface area contributed by atoms with Gasteiger partial charge in [0, 0.05) is 50.1 Å². The number of carbonyl (C=O) groups excluding carboxylic acids is 2. The minimum atomic E-state index is -3.41. The maximum atomic E-state index is 13.2. The van der Waals surface area contributed by atoms with Crippen molar-refractivity contribution in [1.82, 2.24) is 5.09 Å². The molecule has 0 unspecified atom stereocenters. The number of anilines is 1. The fourth-order valence-corrected chi connectivity index (χ4v) is 7.14. The summed E-state index contributed by atoms with van der Waals surface area (Å²) in [5.41, 5.74) is 6.60. The number of aliphatic hydroxyl groups is 1. The molecule has 16 heteroatoms. The number of aliphatic hydroxyl groups excluding tert-OH is 1. The molecule has 1 aliphatic rings. The van der Waals surface area contributed by atoms with Gasteiger partial charge in [-0.15, -0.1) is 0 Å². The number of aromatic hydroxyl groups is 2. The van der Waals surface area contributed by atoms with Gasteiger partial charge in [0.2, 0.25) is 0 Å². The molecule has 0 fully saturated rings. The number of hydrogen-bond donors (Lipinski definition) is 6. The first-order valence-corrected chi connectivity index (χ1v) is 18.9. The third-order valence-electron chi connectivity index (χ3n) is 8.44. The van der Waals surface area contributed by atoms with Gasteiger partial charge in [-0.2, -0.15) is 0 Å². The second-order valence-electron chi connectivity index (χ2n) is 12.6. The molecular formula is C36H57N4O11P.